The van der Waals surface area contributed by atoms with E-state index < -0.39 is 0 Å². The first-order valence-corrected chi connectivity index (χ1v) is 6.97. The molecule has 22 heavy (non-hydrogen) atoms. The van der Waals surface area contributed by atoms with E-state index in [4.69, 9.17) is 0 Å². The standard InChI is InChI=1S/C15H17N7/c1-10-11(2)19-15(12-5-4-6-16-7-12)20-14(10)17-8-13-18-9-22(3)21-13/h4-7,9H,8H2,1-3H3,(H,17,19,20). The van der Waals surface area contributed by atoms with Gasteiger partial charge >= 0.3 is 0 Å². The summed E-state index contributed by atoms with van der Waals surface area (Å²) in [5.41, 5.74) is 2.85. The Morgan fingerprint density at radius 2 is 2.09 bits per heavy atom. The van der Waals surface area contributed by atoms with E-state index in [0.717, 1.165) is 28.5 Å². The van der Waals surface area contributed by atoms with Gasteiger partial charge in [0, 0.05) is 36.3 Å². The van der Waals surface area contributed by atoms with E-state index in [1.165, 1.54) is 0 Å². The van der Waals surface area contributed by atoms with Crippen LogP contribution in [0.15, 0.2) is 30.9 Å². The highest BCUT2D eigenvalue weighted by molar-refractivity contribution is 5.58. The number of nitrogens with one attached hydrogen (secondary N) is 1. The summed E-state index contributed by atoms with van der Waals surface area (Å²) in [6.07, 6.45) is 5.17. The van der Waals surface area contributed by atoms with Crippen molar-refractivity contribution < 1.29 is 0 Å². The highest BCUT2D eigenvalue weighted by Crippen LogP contribution is 2.21. The van der Waals surface area contributed by atoms with Gasteiger partial charge in [-0.3, -0.25) is 9.67 Å². The molecule has 0 aromatic carbocycles. The molecule has 7 heteroatoms. The molecule has 0 aliphatic heterocycles. The van der Waals surface area contributed by atoms with Crippen molar-refractivity contribution in [2.75, 3.05) is 5.32 Å². The van der Waals surface area contributed by atoms with Crippen molar-refractivity contribution in [3.05, 3.63) is 47.9 Å². The minimum Gasteiger partial charge on any atom is -0.362 e. The number of anilines is 1. The van der Waals surface area contributed by atoms with Gasteiger partial charge in [-0.15, -0.1) is 0 Å². The number of pyridine rings is 1. The van der Waals surface area contributed by atoms with E-state index in [-0.39, 0.29) is 0 Å². The van der Waals surface area contributed by atoms with Crippen LogP contribution < -0.4 is 5.32 Å². The quantitative estimate of drug-likeness (QED) is 0.791. The zero-order valence-corrected chi connectivity index (χ0v) is 12.8. The van der Waals surface area contributed by atoms with Gasteiger partial charge in [-0.1, -0.05) is 0 Å². The number of hydrogen-bond donors (Lipinski definition) is 1. The summed E-state index contributed by atoms with van der Waals surface area (Å²) in [4.78, 5) is 17.5. The Labute approximate surface area is 128 Å². The highest BCUT2D eigenvalue weighted by Gasteiger charge is 2.10. The summed E-state index contributed by atoms with van der Waals surface area (Å²) in [5.74, 6) is 2.17. The van der Waals surface area contributed by atoms with E-state index in [1.807, 2.05) is 33.0 Å². The second-order valence-electron chi connectivity index (χ2n) is 5.04. The van der Waals surface area contributed by atoms with Gasteiger partial charge in [-0.25, -0.2) is 15.0 Å². The van der Waals surface area contributed by atoms with Gasteiger partial charge in [0.15, 0.2) is 11.6 Å². The van der Waals surface area contributed by atoms with Gasteiger partial charge in [-0.2, -0.15) is 5.10 Å². The molecule has 3 aromatic rings. The van der Waals surface area contributed by atoms with Crippen LogP contribution in [0.5, 0.6) is 0 Å². The Morgan fingerprint density at radius 1 is 1.23 bits per heavy atom. The fourth-order valence-electron chi connectivity index (χ4n) is 2.05. The third-order valence-electron chi connectivity index (χ3n) is 3.37. The van der Waals surface area contributed by atoms with Crippen LogP contribution in [-0.2, 0) is 13.6 Å². The van der Waals surface area contributed by atoms with Crippen molar-refractivity contribution in [3.63, 3.8) is 0 Å². The van der Waals surface area contributed by atoms with Crippen LogP contribution in [0.3, 0.4) is 0 Å². The molecule has 0 saturated heterocycles. The summed E-state index contributed by atoms with van der Waals surface area (Å²) in [5, 5.41) is 7.53. The zero-order chi connectivity index (χ0) is 15.5. The van der Waals surface area contributed by atoms with Crippen molar-refractivity contribution >= 4 is 5.82 Å². The summed E-state index contributed by atoms with van der Waals surface area (Å²) in [7, 11) is 1.84. The maximum Gasteiger partial charge on any atom is 0.169 e. The number of hydrogen-bond acceptors (Lipinski definition) is 6. The second-order valence-corrected chi connectivity index (χ2v) is 5.04. The van der Waals surface area contributed by atoms with E-state index in [0.29, 0.717) is 12.4 Å². The molecular formula is C15H17N7. The van der Waals surface area contributed by atoms with Gasteiger partial charge in [0.05, 0.1) is 6.54 Å². The minimum absolute atomic E-state index is 0.518. The van der Waals surface area contributed by atoms with E-state index >= 15 is 0 Å². The number of nitrogens with zero attached hydrogens (tertiary/aromatic N) is 6. The lowest BCUT2D eigenvalue weighted by molar-refractivity contribution is 0.746. The van der Waals surface area contributed by atoms with Crippen LogP contribution in [0.25, 0.3) is 11.4 Å². The van der Waals surface area contributed by atoms with Crippen LogP contribution in [-0.4, -0.2) is 29.7 Å². The molecule has 3 aromatic heterocycles. The molecule has 0 aliphatic rings. The average molecular weight is 295 g/mol. The molecular weight excluding hydrogens is 278 g/mol. The second kappa shape index (κ2) is 5.88. The van der Waals surface area contributed by atoms with Crippen LogP contribution in [0, 0.1) is 13.8 Å². The van der Waals surface area contributed by atoms with E-state index in [9.17, 15) is 0 Å². The molecule has 3 rings (SSSR count). The Balaban J connectivity index is 1.88. The number of aromatic nitrogens is 6. The predicted molar refractivity (Wildman–Crippen MR) is 83.1 cm³/mol. The van der Waals surface area contributed by atoms with Gasteiger partial charge in [-0.05, 0) is 26.0 Å². The van der Waals surface area contributed by atoms with Crippen LogP contribution in [0.4, 0.5) is 5.82 Å². The SMILES string of the molecule is Cc1nc(-c2cccnc2)nc(NCc2ncn(C)n2)c1C. The van der Waals surface area contributed by atoms with Crippen LogP contribution in [0.1, 0.15) is 17.1 Å². The average Bonchev–Trinajstić information content (AvgIpc) is 2.95. The van der Waals surface area contributed by atoms with Crippen molar-refractivity contribution in [1.29, 1.82) is 0 Å². The molecule has 0 bridgehead atoms. The fraction of sp³-hybridized carbons (Fsp3) is 0.267. The molecule has 112 valence electrons. The van der Waals surface area contributed by atoms with Crippen molar-refractivity contribution in [3.8, 4) is 11.4 Å². The van der Waals surface area contributed by atoms with E-state index in [2.05, 4.69) is 30.4 Å². The Kier molecular flexibility index (Phi) is 3.78. The monoisotopic (exact) mass is 295 g/mol. The Morgan fingerprint density at radius 3 is 2.77 bits per heavy atom. The molecule has 0 saturated carbocycles. The summed E-state index contributed by atoms with van der Waals surface area (Å²) < 4.78 is 1.68. The van der Waals surface area contributed by atoms with Crippen molar-refractivity contribution in [2.45, 2.75) is 20.4 Å². The first kappa shape index (κ1) is 14.1. The van der Waals surface area contributed by atoms with Gasteiger partial charge in [0.1, 0.15) is 12.1 Å². The molecule has 0 atom stereocenters. The summed E-state index contributed by atoms with van der Waals surface area (Å²) >= 11 is 0. The smallest absolute Gasteiger partial charge is 0.169 e. The first-order valence-electron chi connectivity index (χ1n) is 6.97. The van der Waals surface area contributed by atoms with Crippen LogP contribution in [0.2, 0.25) is 0 Å². The lowest BCUT2D eigenvalue weighted by atomic mass is 10.2. The largest absolute Gasteiger partial charge is 0.362 e. The van der Waals surface area contributed by atoms with Gasteiger partial charge in [0.25, 0.3) is 0 Å². The molecule has 0 unspecified atom stereocenters. The maximum absolute atomic E-state index is 4.60. The number of aryl methyl sites for hydroxylation is 2. The molecule has 3 heterocycles. The molecule has 0 radical (unpaired) electrons. The van der Waals surface area contributed by atoms with Crippen molar-refractivity contribution in [2.24, 2.45) is 7.05 Å². The predicted octanol–water partition coefficient (Wildman–Crippen LogP) is 1.90. The highest BCUT2D eigenvalue weighted by atomic mass is 15.3. The van der Waals surface area contributed by atoms with Gasteiger partial charge in [0.2, 0.25) is 0 Å². The molecule has 7 nitrogen and oxygen atoms in total. The lowest BCUT2D eigenvalue weighted by Gasteiger charge is -2.11. The van der Waals surface area contributed by atoms with E-state index in [1.54, 1.807) is 23.4 Å². The first-order chi connectivity index (χ1) is 10.6. The van der Waals surface area contributed by atoms with Crippen molar-refractivity contribution in [1.82, 2.24) is 29.7 Å². The summed E-state index contributed by atoms with van der Waals surface area (Å²) in [6, 6.07) is 3.82. The topological polar surface area (TPSA) is 81.4 Å². The lowest BCUT2D eigenvalue weighted by Crippen LogP contribution is -2.08. The third kappa shape index (κ3) is 2.93. The zero-order valence-electron chi connectivity index (χ0n) is 12.8. The summed E-state index contributed by atoms with van der Waals surface area (Å²) in [6.45, 7) is 4.49. The Hall–Kier alpha value is -2.83. The normalized spacial score (nSPS) is 10.7. The molecule has 0 fully saturated rings. The minimum atomic E-state index is 0.518. The molecule has 1 N–H and O–H groups in total. The molecule has 0 aliphatic carbocycles. The number of rotatable bonds is 4. The molecule has 0 spiro atoms. The van der Waals surface area contributed by atoms with Crippen LogP contribution >= 0.6 is 0 Å². The fourth-order valence-corrected chi connectivity index (χ4v) is 2.05. The van der Waals surface area contributed by atoms with Gasteiger partial charge < -0.3 is 5.32 Å². The Bertz CT molecular complexity index is 780. The maximum atomic E-state index is 4.60. The third-order valence-corrected chi connectivity index (χ3v) is 3.37. The molecule has 0 amide bonds.